The van der Waals surface area contributed by atoms with E-state index in [2.05, 4.69) is 29.2 Å². The zero-order chi connectivity index (χ0) is 20.0. The minimum absolute atomic E-state index is 0.113. The summed E-state index contributed by atoms with van der Waals surface area (Å²) in [5.41, 5.74) is 0.444. The summed E-state index contributed by atoms with van der Waals surface area (Å²) in [7, 11) is -3.38. The largest absolute Gasteiger partial charge is 0.364 e. The van der Waals surface area contributed by atoms with Crippen molar-refractivity contribution in [3.63, 3.8) is 0 Å². The standard InChI is InChI=1S/C19H33N5O3S/c1-3-20-19(21-14-17-6-4-16(2)5-7-17)23-9-11-24(12-10-23)28(25,26)15-18-8-13-27-22-18/h8,13,16-17H,3-7,9-12,14-15H2,1-2H3,(H,20,21). The molecule has 2 fully saturated rings. The lowest BCUT2D eigenvalue weighted by Gasteiger charge is -2.36. The molecule has 1 aliphatic heterocycles. The number of nitrogens with one attached hydrogen (secondary N) is 1. The fourth-order valence-electron chi connectivity index (χ4n) is 3.92. The van der Waals surface area contributed by atoms with Crippen molar-refractivity contribution < 1.29 is 12.9 Å². The van der Waals surface area contributed by atoms with Gasteiger partial charge in [0.15, 0.2) is 5.96 Å². The molecule has 8 nitrogen and oxygen atoms in total. The molecule has 0 radical (unpaired) electrons. The van der Waals surface area contributed by atoms with Crippen LogP contribution in [0, 0.1) is 11.8 Å². The molecule has 28 heavy (non-hydrogen) atoms. The van der Waals surface area contributed by atoms with Crippen molar-refractivity contribution in [1.29, 1.82) is 0 Å². The van der Waals surface area contributed by atoms with Crippen LogP contribution in [0.25, 0.3) is 0 Å². The summed E-state index contributed by atoms with van der Waals surface area (Å²) in [6.07, 6.45) is 6.53. The van der Waals surface area contributed by atoms with Gasteiger partial charge in [0, 0.05) is 45.3 Å². The number of hydrogen-bond donors (Lipinski definition) is 1. The molecule has 1 aromatic rings. The molecule has 1 aromatic heterocycles. The number of sulfonamides is 1. The summed E-state index contributed by atoms with van der Waals surface area (Å²) < 4.78 is 31.5. The minimum atomic E-state index is -3.38. The molecule has 0 aromatic carbocycles. The summed E-state index contributed by atoms with van der Waals surface area (Å²) in [6, 6.07) is 1.59. The SMILES string of the molecule is CCNC(=NCC1CCC(C)CC1)N1CCN(S(=O)(=O)Cc2ccon2)CC1. The zero-order valence-corrected chi connectivity index (χ0v) is 17.8. The normalized spacial score (nSPS) is 25.1. The highest BCUT2D eigenvalue weighted by atomic mass is 32.2. The molecule has 1 aliphatic carbocycles. The summed E-state index contributed by atoms with van der Waals surface area (Å²) >= 11 is 0. The first-order chi connectivity index (χ1) is 13.5. The van der Waals surface area contributed by atoms with Crippen LogP contribution in [0.5, 0.6) is 0 Å². The van der Waals surface area contributed by atoms with Crippen LogP contribution in [0.3, 0.4) is 0 Å². The van der Waals surface area contributed by atoms with Crippen molar-refractivity contribution in [2.75, 3.05) is 39.3 Å². The Morgan fingerprint density at radius 1 is 1.25 bits per heavy atom. The average molecular weight is 412 g/mol. The maximum Gasteiger partial charge on any atom is 0.220 e. The smallest absolute Gasteiger partial charge is 0.220 e. The van der Waals surface area contributed by atoms with Crippen LogP contribution in [-0.4, -0.2) is 68.0 Å². The van der Waals surface area contributed by atoms with Gasteiger partial charge < -0.3 is 14.7 Å². The maximum absolute atomic E-state index is 12.6. The van der Waals surface area contributed by atoms with Crippen LogP contribution in [0.4, 0.5) is 0 Å². The van der Waals surface area contributed by atoms with Crippen LogP contribution in [-0.2, 0) is 15.8 Å². The van der Waals surface area contributed by atoms with Crippen LogP contribution in [0.15, 0.2) is 21.8 Å². The highest BCUT2D eigenvalue weighted by Gasteiger charge is 2.29. The van der Waals surface area contributed by atoms with Gasteiger partial charge in [-0.15, -0.1) is 0 Å². The minimum Gasteiger partial charge on any atom is -0.364 e. The molecule has 1 saturated carbocycles. The Labute approximate surface area is 168 Å². The third-order valence-electron chi connectivity index (χ3n) is 5.72. The van der Waals surface area contributed by atoms with Crippen LogP contribution in [0.2, 0.25) is 0 Å². The predicted octanol–water partition coefficient (Wildman–Crippen LogP) is 1.91. The molecule has 2 aliphatic rings. The Balaban J connectivity index is 1.54. The number of aliphatic imine (C=N–C) groups is 1. The number of nitrogens with zero attached hydrogens (tertiary/aromatic N) is 4. The quantitative estimate of drug-likeness (QED) is 0.568. The molecule has 0 unspecified atom stereocenters. The molecular weight excluding hydrogens is 378 g/mol. The first-order valence-corrected chi connectivity index (χ1v) is 12.0. The van der Waals surface area contributed by atoms with Gasteiger partial charge in [0.2, 0.25) is 10.0 Å². The van der Waals surface area contributed by atoms with E-state index < -0.39 is 10.0 Å². The van der Waals surface area contributed by atoms with E-state index in [1.807, 2.05) is 0 Å². The fraction of sp³-hybridized carbons (Fsp3) is 0.789. The summed E-state index contributed by atoms with van der Waals surface area (Å²) in [4.78, 5) is 7.05. The van der Waals surface area contributed by atoms with Crippen molar-refractivity contribution >= 4 is 16.0 Å². The van der Waals surface area contributed by atoms with Crippen molar-refractivity contribution in [1.82, 2.24) is 19.7 Å². The molecule has 1 saturated heterocycles. The van der Waals surface area contributed by atoms with Crippen molar-refractivity contribution in [2.45, 2.75) is 45.3 Å². The van der Waals surface area contributed by atoms with E-state index in [9.17, 15) is 8.42 Å². The number of hydrogen-bond acceptors (Lipinski definition) is 5. The lowest BCUT2D eigenvalue weighted by Crippen LogP contribution is -2.54. The van der Waals surface area contributed by atoms with Gasteiger partial charge in [-0.2, -0.15) is 4.31 Å². The molecule has 9 heteroatoms. The van der Waals surface area contributed by atoms with Crippen molar-refractivity contribution in [3.8, 4) is 0 Å². The van der Waals surface area contributed by atoms with E-state index in [4.69, 9.17) is 9.52 Å². The lowest BCUT2D eigenvalue weighted by molar-refractivity contribution is 0.257. The molecule has 3 rings (SSSR count). The van der Waals surface area contributed by atoms with E-state index in [1.54, 1.807) is 10.4 Å². The van der Waals surface area contributed by atoms with E-state index in [1.165, 1.54) is 31.9 Å². The topological polar surface area (TPSA) is 91.0 Å². The highest BCUT2D eigenvalue weighted by Crippen LogP contribution is 2.28. The highest BCUT2D eigenvalue weighted by molar-refractivity contribution is 7.88. The lowest BCUT2D eigenvalue weighted by atomic mass is 9.83. The molecule has 1 N–H and O–H groups in total. The van der Waals surface area contributed by atoms with Gasteiger partial charge in [-0.05, 0) is 31.6 Å². The summed E-state index contributed by atoms with van der Waals surface area (Å²) in [5, 5.41) is 7.09. The Morgan fingerprint density at radius 3 is 2.57 bits per heavy atom. The zero-order valence-electron chi connectivity index (χ0n) is 17.0. The van der Waals surface area contributed by atoms with Gasteiger partial charge in [-0.1, -0.05) is 24.9 Å². The van der Waals surface area contributed by atoms with Gasteiger partial charge in [0.1, 0.15) is 12.0 Å². The number of piperazine rings is 1. The van der Waals surface area contributed by atoms with E-state index in [-0.39, 0.29) is 5.75 Å². The number of aromatic nitrogens is 1. The third-order valence-corrected chi connectivity index (χ3v) is 7.54. The number of rotatable bonds is 6. The number of guanidine groups is 1. The first-order valence-electron chi connectivity index (χ1n) is 10.4. The van der Waals surface area contributed by atoms with E-state index in [0.29, 0.717) is 37.8 Å². The van der Waals surface area contributed by atoms with Gasteiger partial charge in [0.25, 0.3) is 0 Å². The van der Waals surface area contributed by atoms with Crippen molar-refractivity contribution in [2.24, 2.45) is 16.8 Å². The third kappa shape index (κ3) is 5.70. The Morgan fingerprint density at radius 2 is 1.96 bits per heavy atom. The second-order valence-electron chi connectivity index (χ2n) is 7.95. The average Bonchev–Trinajstić information content (AvgIpc) is 3.19. The molecular formula is C19H33N5O3S. The van der Waals surface area contributed by atoms with Crippen LogP contribution < -0.4 is 5.32 Å². The van der Waals surface area contributed by atoms with Crippen molar-refractivity contribution in [3.05, 3.63) is 18.0 Å². The maximum atomic E-state index is 12.6. The second-order valence-corrected chi connectivity index (χ2v) is 9.92. The Hall–Kier alpha value is -1.61. The van der Waals surface area contributed by atoms with E-state index >= 15 is 0 Å². The van der Waals surface area contributed by atoms with Gasteiger partial charge in [-0.3, -0.25) is 4.99 Å². The van der Waals surface area contributed by atoms with Crippen LogP contribution >= 0.6 is 0 Å². The van der Waals surface area contributed by atoms with Gasteiger partial charge in [-0.25, -0.2) is 8.42 Å². The fourth-order valence-corrected chi connectivity index (χ4v) is 5.35. The molecule has 2 heterocycles. The molecule has 0 bridgehead atoms. The predicted molar refractivity (Wildman–Crippen MR) is 109 cm³/mol. The Bertz CT molecular complexity index is 719. The summed E-state index contributed by atoms with van der Waals surface area (Å²) in [6.45, 7) is 8.29. The van der Waals surface area contributed by atoms with Crippen LogP contribution in [0.1, 0.15) is 45.2 Å². The molecule has 0 spiro atoms. The molecule has 158 valence electrons. The van der Waals surface area contributed by atoms with Gasteiger partial charge >= 0.3 is 0 Å². The monoisotopic (exact) mass is 411 g/mol. The molecule has 0 amide bonds. The first kappa shape index (κ1) is 21.1. The second kappa shape index (κ2) is 9.73. The molecule has 0 atom stereocenters. The Kier molecular flexibility index (Phi) is 7.34. The van der Waals surface area contributed by atoms with Gasteiger partial charge in [0.05, 0.1) is 5.69 Å². The van der Waals surface area contributed by atoms with E-state index in [0.717, 1.165) is 25.0 Å². The summed E-state index contributed by atoms with van der Waals surface area (Å²) in [5.74, 6) is 2.32.